The summed E-state index contributed by atoms with van der Waals surface area (Å²) in [6, 6.07) is 0. The number of carbonyl (C=O) groups excluding carboxylic acids is 1. The third kappa shape index (κ3) is 10.3. The molecule has 0 atom stereocenters. The minimum atomic E-state index is -0.338. The van der Waals surface area contributed by atoms with Crippen molar-refractivity contribution in [3.8, 4) is 0 Å². The molecule has 0 aliphatic heterocycles. The second-order valence-electron chi connectivity index (χ2n) is 6.08. The normalized spacial score (nSPS) is 12.6. The minimum absolute atomic E-state index is 0.0482. The average Bonchev–Trinajstić information content (AvgIpc) is 2.12. The highest BCUT2D eigenvalue weighted by Gasteiger charge is 2.20. The molecule has 4 nitrogen and oxygen atoms in total. The molecular weight excluding hydrogens is 218 g/mol. The van der Waals surface area contributed by atoms with Gasteiger partial charge in [0, 0.05) is 12.0 Å². The Bertz CT molecular complexity index is 226. The van der Waals surface area contributed by atoms with Crippen LogP contribution in [0.5, 0.6) is 0 Å². The quantitative estimate of drug-likeness (QED) is 0.728. The van der Waals surface area contributed by atoms with Crippen molar-refractivity contribution in [1.29, 1.82) is 0 Å². The molecule has 102 valence electrons. The maximum absolute atomic E-state index is 11.5. The van der Waals surface area contributed by atoms with Gasteiger partial charge < -0.3 is 14.8 Å². The molecule has 1 amide bonds. The SMILES string of the molecule is CC(C)(C)OCCOCCNC(=O)C(C)(C)C. The van der Waals surface area contributed by atoms with E-state index in [4.69, 9.17) is 9.47 Å². The Morgan fingerprint density at radius 1 is 1.00 bits per heavy atom. The second kappa shape index (κ2) is 6.97. The molecule has 4 heteroatoms. The Kier molecular flexibility index (Phi) is 6.72. The zero-order valence-electron chi connectivity index (χ0n) is 12.1. The van der Waals surface area contributed by atoms with E-state index in [2.05, 4.69) is 5.32 Å². The van der Waals surface area contributed by atoms with Crippen molar-refractivity contribution in [3.05, 3.63) is 0 Å². The van der Waals surface area contributed by atoms with Crippen LogP contribution >= 0.6 is 0 Å². The van der Waals surface area contributed by atoms with Crippen molar-refractivity contribution in [1.82, 2.24) is 5.32 Å². The largest absolute Gasteiger partial charge is 0.377 e. The molecule has 0 aromatic rings. The first kappa shape index (κ1) is 16.4. The van der Waals surface area contributed by atoms with Gasteiger partial charge in [0.1, 0.15) is 0 Å². The van der Waals surface area contributed by atoms with Gasteiger partial charge in [0.15, 0.2) is 0 Å². The van der Waals surface area contributed by atoms with E-state index < -0.39 is 0 Å². The lowest BCUT2D eigenvalue weighted by molar-refractivity contribution is -0.128. The summed E-state index contributed by atoms with van der Waals surface area (Å²) in [6.07, 6.45) is 0. The number of carbonyl (C=O) groups is 1. The van der Waals surface area contributed by atoms with E-state index in [0.29, 0.717) is 26.4 Å². The zero-order valence-corrected chi connectivity index (χ0v) is 12.1. The maximum Gasteiger partial charge on any atom is 0.225 e. The average molecular weight is 245 g/mol. The van der Waals surface area contributed by atoms with Crippen LogP contribution in [0.4, 0.5) is 0 Å². The summed E-state index contributed by atoms with van der Waals surface area (Å²) in [4.78, 5) is 11.5. The van der Waals surface area contributed by atoms with Crippen LogP contribution in [0.15, 0.2) is 0 Å². The summed E-state index contributed by atoms with van der Waals surface area (Å²) >= 11 is 0. The van der Waals surface area contributed by atoms with Gasteiger partial charge in [-0.3, -0.25) is 4.79 Å². The standard InChI is InChI=1S/C13H27NO3/c1-12(2,3)11(15)14-7-8-16-9-10-17-13(4,5)6/h7-10H2,1-6H3,(H,14,15). The van der Waals surface area contributed by atoms with Crippen LogP contribution in [-0.4, -0.2) is 37.9 Å². The molecule has 0 saturated heterocycles. The van der Waals surface area contributed by atoms with Crippen molar-refractivity contribution in [2.24, 2.45) is 5.41 Å². The molecule has 0 rings (SSSR count). The topological polar surface area (TPSA) is 47.6 Å². The Hall–Kier alpha value is -0.610. The predicted octanol–water partition coefficient (Wildman–Crippen LogP) is 1.98. The van der Waals surface area contributed by atoms with E-state index in [1.807, 2.05) is 41.5 Å². The first-order valence-corrected chi connectivity index (χ1v) is 6.13. The smallest absolute Gasteiger partial charge is 0.225 e. The first-order valence-electron chi connectivity index (χ1n) is 6.13. The van der Waals surface area contributed by atoms with E-state index in [1.54, 1.807) is 0 Å². The van der Waals surface area contributed by atoms with Gasteiger partial charge in [0.05, 0.1) is 25.4 Å². The molecule has 0 aliphatic rings. The Balaban J connectivity index is 3.39. The molecule has 0 aromatic carbocycles. The van der Waals surface area contributed by atoms with Crippen molar-refractivity contribution >= 4 is 5.91 Å². The fraction of sp³-hybridized carbons (Fsp3) is 0.923. The molecule has 0 aliphatic carbocycles. The molecule has 1 N–H and O–H groups in total. The van der Waals surface area contributed by atoms with Gasteiger partial charge in [0.2, 0.25) is 5.91 Å². The van der Waals surface area contributed by atoms with Crippen LogP contribution < -0.4 is 5.32 Å². The van der Waals surface area contributed by atoms with Gasteiger partial charge >= 0.3 is 0 Å². The molecule has 0 aromatic heterocycles. The van der Waals surface area contributed by atoms with Crippen molar-refractivity contribution in [2.75, 3.05) is 26.4 Å². The fourth-order valence-corrected chi connectivity index (χ4v) is 1.01. The number of hydrogen-bond donors (Lipinski definition) is 1. The lowest BCUT2D eigenvalue weighted by Crippen LogP contribution is -2.36. The fourth-order valence-electron chi connectivity index (χ4n) is 1.01. The highest BCUT2D eigenvalue weighted by atomic mass is 16.5. The van der Waals surface area contributed by atoms with Gasteiger partial charge in [-0.05, 0) is 20.8 Å². The van der Waals surface area contributed by atoms with Gasteiger partial charge in [-0.1, -0.05) is 20.8 Å². The van der Waals surface area contributed by atoms with Crippen LogP contribution in [0.2, 0.25) is 0 Å². The Morgan fingerprint density at radius 2 is 1.59 bits per heavy atom. The highest BCUT2D eigenvalue weighted by molar-refractivity contribution is 5.81. The number of nitrogens with one attached hydrogen (secondary N) is 1. The van der Waals surface area contributed by atoms with Crippen molar-refractivity contribution in [3.63, 3.8) is 0 Å². The van der Waals surface area contributed by atoms with Crippen molar-refractivity contribution in [2.45, 2.75) is 47.1 Å². The summed E-state index contributed by atoms with van der Waals surface area (Å²) in [5.41, 5.74) is -0.459. The van der Waals surface area contributed by atoms with Crippen LogP contribution in [0.25, 0.3) is 0 Å². The van der Waals surface area contributed by atoms with Crippen LogP contribution in [0, 0.1) is 5.41 Å². The third-order valence-electron chi connectivity index (χ3n) is 1.98. The number of hydrogen-bond acceptors (Lipinski definition) is 3. The number of amides is 1. The summed E-state index contributed by atoms with van der Waals surface area (Å²) < 4.78 is 10.9. The summed E-state index contributed by atoms with van der Waals surface area (Å²) in [5.74, 6) is 0.0482. The predicted molar refractivity (Wildman–Crippen MR) is 69.0 cm³/mol. The number of ether oxygens (including phenoxy) is 2. The molecule has 0 bridgehead atoms. The molecule has 0 unspecified atom stereocenters. The van der Waals surface area contributed by atoms with E-state index in [1.165, 1.54) is 0 Å². The second-order valence-corrected chi connectivity index (χ2v) is 6.08. The summed E-state index contributed by atoms with van der Waals surface area (Å²) in [5, 5.41) is 2.83. The van der Waals surface area contributed by atoms with Gasteiger partial charge in [-0.15, -0.1) is 0 Å². The maximum atomic E-state index is 11.5. The van der Waals surface area contributed by atoms with Gasteiger partial charge in [-0.25, -0.2) is 0 Å². The van der Waals surface area contributed by atoms with Gasteiger partial charge in [0.25, 0.3) is 0 Å². The lowest BCUT2D eigenvalue weighted by Gasteiger charge is -2.20. The third-order valence-corrected chi connectivity index (χ3v) is 1.98. The highest BCUT2D eigenvalue weighted by Crippen LogP contribution is 2.11. The molecule has 0 heterocycles. The molecule has 0 fully saturated rings. The first-order chi connectivity index (χ1) is 7.63. The Labute approximate surface area is 105 Å². The van der Waals surface area contributed by atoms with Crippen LogP contribution in [0.1, 0.15) is 41.5 Å². The van der Waals surface area contributed by atoms with E-state index in [9.17, 15) is 4.79 Å². The molecule has 0 saturated carbocycles. The van der Waals surface area contributed by atoms with E-state index in [-0.39, 0.29) is 16.9 Å². The molecular formula is C13H27NO3. The van der Waals surface area contributed by atoms with Crippen LogP contribution in [-0.2, 0) is 14.3 Å². The Morgan fingerprint density at radius 3 is 2.06 bits per heavy atom. The monoisotopic (exact) mass is 245 g/mol. The summed E-state index contributed by atoms with van der Waals surface area (Å²) in [7, 11) is 0. The molecule has 17 heavy (non-hydrogen) atoms. The zero-order chi connectivity index (χ0) is 13.5. The molecule has 0 spiro atoms. The summed E-state index contributed by atoms with van der Waals surface area (Å²) in [6.45, 7) is 13.9. The van der Waals surface area contributed by atoms with Crippen molar-refractivity contribution < 1.29 is 14.3 Å². The van der Waals surface area contributed by atoms with Gasteiger partial charge in [-0.2, -0.15) is 0 Å². The minimum Gasteiger partial charge on any atom is -0.377 e. The number of rotatable bonds is 6. The van der Waals surface area contributed by atoms with E-state index in [0.717, 1.165) is 0 Å². The van der Waals surface area contributed by atoms with E-state index >= 15 is 0 Å². The van der Waals surface area contributed by atoms with Crippen LogP contribution in [0.3, 0.4) is 0 Å². The molecule has 0 radical (unpaired) electrons. The lowest BCUT2D eigenvalue weighted by atomic mass is 9.96.